The Balaban J connectivity index is 1.69. The molecule has 2 aromatic rings. The fraction of sp³-hybridized carbons (Fsp3) is 0.333. The molecule has 3 N–H and O–H groups in total. The van der Waals surface area contributed by atoms with Crippen LogP contribution in [-0.2, 0) is 0 Å². The zero-order valence-corrected chi connectivity index (χ0v) is 16.9. The predicted molar refractivity (Wildman–Crippen MR) is 111 cm³/mol. The highest BCUT2D eigenvalue weighted by atomic mass is 19.1. The molecule has 0 saturated carbocycles. The van der Waals surface area contributed by atoms with Crippen molar-refractivity contribution in [1.29, 1.82) is 0 Å². The number of carbonyl (C=O) groups excluding carboxylic acids is 1. The van der Waals surface area contributed by atoms with Crippen LogP contribution in [-0.4, -0.2) is 51.8 Å². The van der Waals surface area contributed by atoms with E-state index in [0.29, 0.717) is 36.9 Å². The lowest BCUT2D eigenvalue weighted by atomic mass is 10.2. The molecule has 1 unspecified atom stereocenters. The van der Waals surface area contributed by atoms with Gasteiger partial charge in [-0.3, -0.25) is 9.79 Å². The standard InChI is InChI=1S/C21H27FN4O3/c1-15(29-19-10-5-4-9-18(19)22)14-26-21(23-2)25-12-11-24-20(27)16-7-6-8-17(13-16)28-3/h4-10,13,15H,11-12,14H2,1-3H3,(H,24,27)(H2,23,25,26). The van der Waals surface area contributed by atoms with E-state index in [-0.39, 0.29) is 17.8 Å². The molecule has 2 rings (SSSR count). The number of nitrogens with one attached hydrogen (secondary N) is 3. The average molecular weight is 402 g/mol. The first-order valence-corrected chi connectivity index (χ1v) is 9.31. The maximum absolute atomic E-state index is 13.6. The quantitative estimate of drug-likeness (QED) is 0.340. The number of methoxy groups -OCH3 is 1. The van der Waals surface area contributed by atoms with Crippen LogP contribution in [0.15, 0.2) is 53.5 Å². The summed E-state index contributed by atoms with van der Waals surface area (Å²) in [6.07, 6.45) is -0.266. The van der Waals surface area contributed by atoms with Crippen molar-refractivity contribution < 1.29 is 18.7 Å². The molecule has 1 atom stereocenters. The summed E-state index contributed by atoms with van der Waals surface area (Å²) in [4.78, 5) is 16.3. The van der Waals surface area contributed by atoms with E-state index in [0.717, 1.165) is 0 Å². The number of carbonyl (C=O) groups is 1. The highest BCUT2D eigenvalue weighted by Crippen LogP contribution is 2.16. The van der Waals surface area contributed by atoms with Crippen LogP contribution in [0.5, 0.6) is 11.5 Å². The number of halogens is 1. The average Bonchev–Trinajstić information content (AvgIpc) is 2.74. The third-order valence-electron chi connectivity index (χ3n) is 3.98. The number of guanidine groups is 1. The molecule has 2 aromatic carbocycles. The van der Waals surface area contributed by atoms with Crippen molar-refractivity contribution >= 4 is 11.9 Å². The molecule has 0 radical (unpaired) electrons. The van der Waals surface area contributed by atoms with Gasteiger partial charge in [0.25, 0.3) is 5.91 Å². The summed E-state index contributed by atoms with van der Waals surface area (Å²) >= 11 is 0. The lowest BCUT2D eigenvalue weighted by molar-refractivity contribution is 0.0954. The number of benzene rings is 2. The molecule has 0 aromatic heterocycles. The van der Waals surface area contributed by atoms with Crippen molar-refractivity contribution in [3.05, 3.63) is 59.9 Å². The highest BCUT2D eigenvalue weighted by Gasteiger charge is 2.09. The second-order valence-electron chi connectivity index (χ2n) is 6.23. The Morgan fingerprint density at radius 2 is 1.86 bits per heavy atom. The lowest BCUT2D eigenvalue weighted by Crippen LogP contribution is -2.44. The minimum atomic E-state index is -0.395. The van der Waals surface area contributed by atoms with Gasteiger partial charge in [0.1, 0.15) is 11.9 Å². The van der Waals surface area contributed by atoms with Gasteiger partial charge in [-0.15, -0.1) is 0 Å². The number of rotatable bonds is 9. The molecule has 0 spiro atoms. The Hall–Kier alpha value is -3.29. The number of hydrogen-bond acceptors (Lipinski definition) is 4. The van der Waals surface area contributed by atoms with Gasteiger partial charge in [-0.1, -0.05) is 18.2 Å². The molecule has 29 heavy (non-hydrogen) atoms. The first-order chi connectivity index (χ1) is 14.0. The minimum Gasteiger partial charge on any atom is -0.497 e. The molecule has 0 aliphatic carbocycles. The van der Waals surface area contributed by atoms with Crippen LogP contribution in [0.4, 0.5) is 4.39 Å². The van der Waals surface area contributed by atoms with Crippen LogP contribution in [0, 0.1) is 5.82 Å². The fourth-order valence-corrected chi connectivity index (χ4v) is 2.48. The van der Waals surface area contributed by atoms with Gasteiger partial charge < -0.3 is 25.4 Å². The van der Waals surface area contributed by atoms with E-state index >= 15 is 0 Å². The Morgan fingerprint density at radius 3 is 2.59 bits per heavy atom. The summed E-state index contributed by atoms with van der Waals surface area (Å²) in [7, 11) is 3.20. The first kappa shape index (κ1) is 22.0. The van der Waals surface area contributed by atoms with Gasteiger partial charge in [-0.25, -0.2) is 4.39 Å². The maximum Gasteiger partial charge on any atom is 0.251 e. The van der Waals surface area contributed by atoms with Gasteiger partial charge in [0.15, 0.2) is 17.5 Å². The van der Waals surface area contributed by atoms with Crippen molar-refractivity contribution in [2.45, 2.75) is 13.0 Å². The summed E-state index contributed by atoms with van der Waals surface area (Å²) in [5.74, 6) is 0.830. The molecular formula is C21H27FN4O3. The van der Waals surface area contributed by atoms with E-state index in [1.807, 2.05) is 6.92 Å². The number of amides is 1. The van der Waals surface area contributed by atoms with Crippen LogP contribution in [0.1, 0.15) is 17.3 Å². The third kappa shape index (κ3) is 7.33. The van der Waals surface area contributed by atoms with Crippen molar-refractivity contribution in [2.75, 3.05) is 33.8 Å². The minimum absolute atomic E-state index is 0.180. The van der Waals surface area contributed by atoms with E-state index < -0.39 is 5.82 Å². The van der Waals surface area contributed by atoms with Gasteiger partial charge in [0.05, 0.1) is 13.7 Å². The van der Waals surface area contributed by atoms with Crippen molar-refractivity contribution in [3.8, 4) is 11.5 Å². The van der Waals surface area contributed by atoms with Gasteiger partial charge in [-0.05, 0) is 37.3 Å². The van der Waals surface area contributed by atoms with E-state index in [4.69, 9.17) is 9.47 Å². The molecule has 1 amide bonds. The second-order valence-corrected chi connectivity index (χ2v) is 6.23. The third-order valence-corrected chi connectivity index (χ3v) is 3.98. The molecule has 0 fully saturated rings. The Labute approximate surface area is 170 Å². The van der Waals surface area contributed by atoms with Crippen LogP contribution >= 0.6 is 0 Å². The summed E-state index contributed by atoms with van der Waals surface area (Å²) in [6, 6.07) is 13.2. The monoisotopic (exact) mass is 402 g/mol. The number of nitrogens with zero attached hydrogens (tertiary/aromatic N) is 1. The number of ether oxygens (including phenoxy) is 2. The number of para-hydroxylation sites is 1. The van der Waals surface area contributed by atoms with E-state index in [1.165, 1.54) is 6.07 Å². The SMILES string of the molecule is CN=C(NCCNC(=O)c1cccc(OC)c1)NCC(C)Oc1ccccc1F. The summed E-state index contributed by atoms with van der Waals surface area (Å²) in [6.45, 7) is 3.17. The Morgan fingerprint density at radius 1 is 1.10 bits per heavy atom. The van der Waals surface area contributed by atoms with E-state index in [2.05, 4.69) is 20.9 Å². The van der Waals surface area contributed by atoms with Gasteiger partial charge in [0.2, 0.25) is 0 Å². The zero-order chi connectivity index (χ0) is 21.1. The molecule has 0 aliphatic rings. The molecule has 0 aliphatic heterocycles. The topological polar surface area (TPSA) is 84.0 Å². The van der Waals surface area contributed by atoms with E-state index in [1.54, 1.807) is 56.6 Å². The Bertz CT molecular complexity index is 829. The number of aliphatic imine (C=N–C) groups is 1. The smallest absolute Gasteiger partial charge is 0.251 e. The van der Waals surface area contributed by atoms with E-state index in [9.17, 15) is 9.18 Å². The molecule has 0 heterocycles. The summed E-state index contributed by atoms with van der Waals surface area (Å²) in [5, 5.41) is 9.03. The molecule has 156 valence electrons. The van der Waals surface area contributed by atoms with Crippen LogP contribution in [0.25, 0.3) is 0 Å². The summed E-state index contributed by atoms with van der Waals surface area (Å²) < 4.78 is 24.3. The molecule has 0 bridgehead atoms. The van der Waals surface area contributed by atoms with Crippen LogP contribution in [0.2, 0.25) is 0 Å². The molecule has 7 nitrogen and oxygen atoms in total. The van der Waals surface area contributed by atoms with Gasteiger partial charge in [-0.2, -0.15) is 0 Å². The van der Waals surface area contributed by atoms with Gasteiger partial charge >= 0.3 is 0 Å². The maximum atomic E-state index is 13.6. The number of hydrogen-bond donors (Lipinski definition) is 3. The highest BCUT2D eigenvalue weighted by molar-refractivity contribution is 5.94. The zero-order valence-electron chi connectivity index (χ0n) is 16.9. The van der Waals surface area contributed by atoms with Crippen LogP contribution < -0.4 is 25.4 Å². The van der Waals surface area contributed by atoms with Crippen LogP contribution in [0.3, 0.4) is 0 Å². The first-order valence-electron chi connectivity index (χ1n) is 9.31. The molecular weight excluding hydrogens is 375 g/mol. The van der Waals surface area contributed by atoms with Crippen molar-refractivity contribution in [2.24, 2.45) is 4.99 Å². The molecule has 8 heteroatoms. The summed E-state index contributed by atoms with van der Waals surface area (Å²) in [5.41, 5.74) is 0.533. The predicted octanol–water partition coefficient (Wildman–Crippen LogP) is 2.20. The Kier molecular flexibility index (Phi) is 8.75. The van der Waals surface area contributed by atoms with Gasteiger partial charge in [0, 0.05) is 25.7 Å². The van der Waals surface area contributed by atoms with Crippen molar-refractivity contribution in [3.63, 3.8) is 0 Å². The lowest BCUT2D eigenvalue weighted by Gasteiger charge is -2.18. The van der Waals surface area contributed by atoms with Crippen molar-refractivity contribution in [1.82, 2.24) is 16.0 Å². The second kappa shape index (κ2) is 11.5. The normalized spacial score (nSPS) is 12.1. The fourth-order valence-electron chi connectivity index (χ4n) is 2.48. The molecule has 0 saturated heterocycles. The largest absolute Gasteiger partial charge is 0.497 e.